The van der Waals surface area contributed by atoms with Gasteiger partial charge in [0.25, 0.3) is 0 Å². The number of hydrogen-bond acceptors (Lipinski definition) is 1. The summed E-state index contributed by atoms with van der Waals surface area (Å²) < 4.78 is 0. The average molecular weight is 1060 g/mol. The second kappa shape index (κ2) is 23.7. The van der Waals surface area contributed by atoms with Crippen LogP contribution in [0.1, 0.15) is 24.5 Å². The SMILES string of the molecule is CCC[N-]/C(=C(\[O-])c1ccccc1)c1ccccc1.[I-].[I-].[I-].[I-].[Sm+3].[Sm+3]. The number of nitrogens with zero attached hydrogens (tertiary/aromatic N) is 1. The number of halogens is 4. The van der Waals surface area contributed by atoms with E-state index in [0.717, 1.165) is 12.0 Å². The van der Waals surface area contributed by atoms with E-state index in [9.17, 15) is 5.11 Å². The van der Waals surface area contributed by atoms with Crippen molar-refractivity contribution in [3.63, 3.8) is 0 Å². The van der Waals surface area contributed by atoms with E-state index >= 15 is 0 Å². The fraction of sp³-hybridized carbons (Fsp3) is 0.176. The maximum Gasteiger partial charge on any atom is 3.00 e. The van der Waals surface area contributed by atoms with E-state index in [1.807, 2.05) is 60.7 Å². The fourth-order valence-electron chi connectivity index (χ4n) is 1.84. The summed E-state index contributed by atoms with van der Waals surface area (Å²) in [6, 6.07) is 18.9. The molecule has 0 N–H and O–H groups in total. The average Bonchev–Trinajstić information content (AvgIpc) is 2.49. The summed E-state index contributed by atoms with van der Waals surface area (Å²) in [7, 11) is 0. The molecule has 0 aliphatic heterocycles. The summed E-state index contributed by atoms with van der Waals surface area (Å²) in [5, 5.41) is 17.0. The Balaban J connectivity index is -0.000000222. The number of hydrogen-bond donors (Lipinski definition) is 0. The molecule has 136 valence electrons. The third-order valence-electron chi connectivity index (χ3n) is 2.79. The van der Waals surface area contributed by atoms with Crippen LogP contribution in [-0.4, -0.2) is 6.54 Å². The van der Waals surface area contributed by atoms with Gasteiger partial charge in [-0.05, 0) is 11.1 Å². The van der Waals surface area contributed by atoms with Crippen molar-refractivity contribution < 1.29 is 182 Å². The van der Waals surface area contributed by atoms with E-state index in [0.29, 0.717) is 17.8 Å². The quantitative estimate of drug-likeness (QED) is 0.167. The van der Waals surface area contributed by atoms with Crippen LogP contribution < -0.4 is 101 Å². The molecule has 2 rings (SSSR count). The Morgan fingerprint density at radius 3 is 1.56 bits per heavy atom. The van der Waals surface area contributed by atoms with Crippen LogP contribution in [0.4, 0.5) is 0 Å². The summed E-state index contributed by atoms with van der Waals surface area (Å²) >= 11 is 0. The van der Waals surface area contributed by atoms with Crippen LogP contribution in [0.15, 0.2) is 60.7 Å². The van der Waals surface area contributed by atoms with Crippen LogP contribution in [0.25, 0.3) is 16.8 Å². The molecule has 2 aromatic carbocycles. The van der Waals surface area contributed by atoms with Crippen molar-refractivity contribution in [3.8, 4) is 0 Å². The van der Waals surface area contributed by atoms with Gasteiger partial charge in [-0.25, -0.2) is 0 Å². The van der Waals surface area contributed by atoms with Gasteiger partial charge in [0, 0.05) is 0 Å². The van der Waals surface area contributed by atoms with E-state index in [-0.39, 0.29) is 182 Å². The van der Waals surface area contributed by atoms with Gasteiger partial charge in [-0.2, -0.15) is 0 Å². The van der Waals surface area contributed by atoms with Crippen molar-refractivity contribution >= 4 is 11.5 Å². The number of rotatable bonds is 5. The van der Waals surface area contributed by atoms with E-state index in [1.165, 1.54) is 0 Å². The molecule has 0 aromatic heterocycles. The first-order valence-electron chi connectivity index (χ1n) is 6.52. The number of benzene rings is 2. The molecule has 8 heteroatoms. The minimum atomic E-state index is -0.0137. The molecule has 0 unspecified atom stereocenters. The normalized spacial score (nSPS) is 9.00. The summed E-state index contributed by atoms with van der Waals surface area (Å²) in [5.74, 6) is -0.0137. The predicted molar refractivity (Wildman–Crippen MR) is 78.2 cm³/mol. The Labute approximate surface area is 284 Å². The van der Waals surface area contributed by atoms with Crippen molar-refractivity contribution in [2.24, 2.45) is 0 Å². The van der Waals surface area contributed by atoms with E-state index in [4.69, 9.17) is 0 Å². The minimum absolute atomic E-state index is 0. The molecular formula is C17H17I4NOSm2. The molecule has 0 heterocycles. The van der Waals surface area contributed by atoms with Crippen molar-refractivity contribution in [3.05, 3.63) is 77.1 Å². The topological polar surface area (TPSA) is 37.2 Å². The molecule has 0 amide bonds. The third kappa shape index (κ3) is 14.1. The maximum absolute atomic E-state index is 12.5. The largest absolute Gasteiger partial charge is 3.00 e. The maximum atomic E-state index is 12.5. The van der Waals surface area contributed by atoms with Crippen LogP contribution in [0.3, 0.4) is 0 Å². The van der Waals surface area contributed by atoms with Gasteiger partial charge in [-0.1, -0.05) is 74.0 Å². The monoisotopic (exact) mass is 1060 g/mol. The summed E-state index contributed by atoms with van der Waals surface area (Å²) in [5.41, 5.74) is 2.11. The van der Waals surface area contributed by atoms with Crippen molar-refractivity contribution in [2.45, 2.75) is 13.3 Å². The van der Waals surface area contributed by atoms with E-state index < -0.39 is 0 Å². The van der Waals surface area contributed by atoms with Gasteiger partial charge in [0.2, 0.25) is 0 Å². The summed E-state index contributed by atoms with van der Waals surface area (Å²) in [6.45, 7) is 2.72. The molecule has 0 bridgehead atoms. The van der Waals surface area contributed by atoms with E-state index in [2.05, 4.69) is 12.2 Å². The van der Waals surface area contributed by atoms with Gasteiger partial charge >= 0.3 is 80.8 Å². The van der Waals surface area contributed by atoms with Crippen LogP contribution in [-0.2, 0) is 0 Å². The van der Waals surface area contributed by atoms with E-state index in [1.54, 1.807) is 0 Å². The van der Waals surface area contributed by atoms with Gasteiger partial charge in [-0.15, -0.1) is 18.0 Å². The molecule has 0 atom stereocenters. The second-order valence-corrected chi connectivity index (χ2v) is 4.29. The predicted octanol–water partition coefficient (Wildman–Crippen LogP) is -8.33. The Bertz CT molecular complexity index is 557. The zero-order chi connectivity index (χ0) is 13.5. The zero-order valence-corrected chi connectivity index (χ0v) is 27.2. The minimum Gasteiger partial charge on any atom is -1.00 e. The van der Waals surface area contributed by atoms with Crippen molar-refractivity contribution in [1.82, 2.24) is 0 Å². The van der Waals surface area contributed by atoms with Crippen molar-refractivity contribution in [2.75, 3.05) is 6.54 Å². The molecule has 0 fully saturated rings. The molecule has 25 heavy (non-hydrogen) atoms. The van der Waals surface area contributed by atoms with Gasteiger partial charge in [-0.3, -0.25) is 0 Å². The Hall–Kier alpha value is 3.38. The third-order valence-corrected chi connectivity index (χ3v) is 2.79. The zero-order valence-electron chi connectivity index (χ0n) is 13.4. The molecule has 2 aromatic rings. The summed E-state index contributed by atoms with van der Waals surface area (Å²) in [6.07, 6.45) is 0.929. The van der Waals surface area contributed by atoms with Gasteiger partial charge < -0.3 is 106 Å². The fourth-order valence-corrected chi connectivity index (χ4v) is 1.84. The van der Waals surface area contributed by atoms with Crippen LogP contribution >= 0.6 is 0 Å². The molecular weight excluding hydrogens is 1040 g/mol. The first-order chi connectivity index (χ1) is 9.33. The van der Waals surface area contributed by atoms with Crippen molar-refractivity contribution in [1.29, 1.82) is 0 Å². The van der Waals surface area contributed by atoms with Crippen LogP contribution in [0.2, 0.25) is 0 Å². The molecule has 0 saturated heterocycles. The molecule has 2 nitrogen and oxygen atoms in total. The van der Waals surface area contributed by atoms with Crippen LogP contribution in [0.5, 0.6) is 0 Å². The van der Waals surface area contributed by atoms with Gasteiger partial charge in [0.1, 0.15) is 0 Å². The molecule has 2 radical (unpaired) electrons. The molecule has 0 spiro atoms. The first kappa shape index (κ1) is 38.9. The van der Waals surface area contributed by atoms with Crippen LogP contribution in [0, 0.1) is 80.8 Å². The Kier molecular flexibility index (Phi) is 36.8. The van der Waals surface area contributed by atoms with Gasteiger partial charge in [0.05, 0.1) is 0 Å². The standard InChI is InChI=1S/C17H18NO.4HI.2Sm/c1-2-13-18-16(14-9-5-3-6-10-14)17(19)15-11-7-4-8-12-15;;;;;;/h3-12,19H,2,13H2,1H3;4*1H;;/q-1;;;;;2*+3/p-5/b17-16-;;;;;;. The first-order valence-corrected chi connectivity index (χ1v) is 6.52. The van der Waals surface area contributed by atoms with Gasteiger partial charge in [0.15, 0.2) is 0 Å². The summed E-state index contributed by atoms with van der Waals surface area (Å²) in [4.78, 5) is 0. The Morgan fingerprint density at radius 2 is 1.16 bits per heavy atom. The smallest absolute Gasteiger partial charge is 1.00 e. The molecule has 0 aliphatic rings. The Morgan fingerprint density at radius 1 is 0.760 bits per heavy atom. The second-order valence-electron chi connectivity index (χ2n) is 4.29. The molecule has 0 aliphatic carbocycles. The molecule has 0 saturated carbocycles.